The van der Waals surface area contributed by atoms with Crippen molar-refractivity contribution in [3.63, 3.8) is 0 Å². The summed E-state index contributed by atoms with van der Waals surface area (Å²) in [6, 6.07) is 14.1. The molecule has 0 bridgehead atoms. The van der Waals surface area contributed by atoms with E-state index in [1.165, 1.54) is 12.1 Å². The van der Waals surface area contributed by atoms with Crippen molar-refractivity contribution in [1.29, 1.82) is 0 Å². The first-order valence-electron chi connectivity index (χ1n) is 5.97. The van der Waals surface area contributed by atoms with Crippen molar-refractivity contribution in [1.82, 2.24) is 4.98 Å². The number of halogens is 2. The molecule has 2 aromatic carbocycles. The third kappa shape index (κ3) is 2.08. The zero-order chi connectivity index (χ0) is 13.4. The molecule has 0 aliphatic heterocycles. The van der Waals surface area contributed by atoms with E-state index in [-0.39, 0.29) is 5.82 Å². The number of para-hydroxylation sites is 1. The van der Waals surface area contributed by atoms with Crippen molar-refractivity contribution in [3.8, 4) is 11.3 Å². The zero-order valence-corrected chi connectivity index (χ0v) is 11.1. The molecule has 1 nitrogen and oxygen atoms in total. The second-order valence-corrected chi connectivity index (χ2v) is 4.80. The Morgan fingerprint density at radius 2 is 1.68 bits per heavy atom. The van der Waals surface area contributed by atoms with Gasteiger partial charge in [0.2, 0.25) is 0 Å². The summed E-state index contributed by atoms with van der Waals surface area (Å²) in [4.78, 5) is 4.58. The van der Waals surface area contributed by atoms with Gasteiger partial charge in [-0.1, -0.05) is 29.8 Å². The van der Waals surface area contributed by atoms with Crippen LogP contribution in [0.3, 0.4) is 0 Å². The maximum Gasteiger partial charge on any atom is 0.123 e. The Balaban J connectivity index is 2.29. The number of aromatic nitrogens is 1. The van der Waals surface area contributed by atoms with E-state index in [0.717, 1.165) is 22.0 Å². The molecule has 3 rings (SSSR count). The molecule has 0 saturated carbocycles. The molecule has 0 atom stereocenters. The highest BCUT2D eigenvalue weighted by Crippen LogP contribution is 2.33. The van der Waals surface area contributed by atoms with E-state index in [1.807, 2.05) is 31.2 Å². The molecular weight excluding hydrogens is 261 g/mol. The minimum atomic E-state index is -0.266. The number of hydrogen-bond acceptors (Lipinski definition) is 1. The first-order valence-corrected chi connectivity index (χ1v) is 6.35. The summed E-state index contributed by atoms with van der Waals surface area (Å²) in [5, 5.41) is 1.66. The lowest BCUT2D eigenvalue weighted by Gasteiger charge is -2.10. The van der Waals surface area contributed by atoms with Gasteiger partial charge in [-0.25, -0.2) is 9.37 Å². The number of benzene rings is 2. The van der Waals surface area contributed by atoms with E-state index >= 15 is 0 Å². The van der Waals surface area contributed by atoms with Gasteiger partial charge in [-0.15, -0.1) is 0 Å². The number of fused-ring (bicyclic) bond motifs is 1. The van der Waals surface area contributed by atoms with E-state index in [1.54, 1.807) is 12.1 Å². The molecule has 0 spiro atoms. The van der Waals surface area contributed by atoms with Gasteiger partial charge < -0.3 is 0 Å². The van der Waals surface area contributed by atoms with Crippen LogP contribution in [0.5, 0.6) is 0 Å². The van der Waals surface area contributed by atoms with Crippen molar-refractivity contribution in [2.75, 3.05) is 0 Å². The smallest absolute Gasteiger partial charge is 0.123 e. The molecule has 19 heavy (non-hydrogen) atoms. The molecule has 94 valence electrons. The van der Waals surface area contributed by atoms with Gasteiger partial charge in [-0.05, 0) is 42.8 Å². The summed E-state index contributed by atoms with van der Waals surface area (Å²) in [5.41, 5.74) is 3.40. The molecule has 1 heterocycles. The van der Waals surface area contributed by atoms with Crippen molar-refractivity contribution >= 4 is 22.5 Å². The predicted molar refractivity (Wildman–Crippen MR) is 76.9 cm³/mol. The first kappa shape index (κ1) is 12.1. The Morgan fingerprint density at radius 1 is 1.00 bits per heavy atom. The lowest BCUT2D eigenvalue weighted by atomic mass is 10.0. The number of hydrogen-bond donors (Lipinski definition) is 0. The summed E-state index contributed by atoms with van der Waals surface area (Å²) in [7, 11) is 0. The maximum absolute atomic E-state index is 13.0. The minimum Gasteiger partial charge on any atom is -0.246 e. The SMILES string of the molecule is Cc1c(Cl)c(-c2ccc(F)cc2)nc2ccccc12. The molecule has 0 saturated heterocycles. The Morgan fingerprint density at radius 3 is 2.42 bits per heavy atom. The number of pyridine rings is 1. The third-order valence-corrected chi connectivity index (χ3v) is 3.66. The van der Waals surface area contributed by atoms with Gasteiger partial charge in [0.1, 0.15) is 5.82 Å². The van der Waals surface area contributed by atoms with Gasteiger partial charge >= 0.3 is 0 Å². The average Bonchev–Trinajstić information content (AvgIpc) is 2.44. The average molecular weight is 272 g/mol. The topological polar surface area (TPSA) is 12.9 Å². The normalized spacial score (nSPS) is 10.9. The Bertz CT molecular complexity index is 751. The van der Waals surface area contributed by atoms with Gasteiger partial charge in [0.15, 0.2) is 0 Å². The Kier molecular flexibility index (Phi) is 2.96. The first-order chi connectivity index (χ1) is 9.16. The minimum absolute atomic E-state index is 0.266. The van der Waals surface area contributed by atoms with E-state index in [4.69, 9.17) is 11.6 Å². The highest BCUT2D eigenvalue weighted by Gasteiger charge is 2.11. The van der Waals surface area contributed by atoms with Crippen LogP contribution in [-0.2, 0) is 0 Å². The quantitative estimate of drug-likeness (QED) is 0.607. The van der Waals surface area contributed by atoms with Gasteiger partial charge in [-0.2, -0.15) is 0 Å². The van der Waals surface area contributed by atoms with Crippen LogP contribution in [0.25, 0.3) is 22.2 Å². The molecule has 0 aliphatic rings. The van der Waals surface area contributed by atoms with E-state index < -0.39 is 0 Å². The second-order valence-electron chi connectivity index (χ2n) is 4.42. The van der Waals surface area contributed by atoms with Crippen LogP contribution < -0.4 is 0 Å². The van der Waals surface area contributed by atoms with Crippen molar-refractivity contribution in [3.05, 3.63) is 64.9 Å². The molecule has 3 heteroatoms. The highest BCUT2D eigenvalue weighted by atomic mass is 35.5. The van der Waals surface area contributed by atoms with Gasteiger partial charge in [-0.3, -0.25) is 0 Å². The number of nitrogens with zero attached hydrogens (tertiary/aromatic N) is 1. The third-order valence-electron chi connectivity index (χ3n) is 3.20. The van der Waals surface area contributed by atoms with Crippen LogP contribution in [-0.4, -0.2) is 4.98 Å². The molecule has 1 aromatic heterocycles. The molecule has 0 N–H and O–H groups in total. The lowest BCUT2D eigenvalue weighted by molar-refractivity contribution is 0.628. The van der Waals surface area contributed by atoms with Crippen molar-refractivity contribution in [2.45, 2.75) is 6.92 Å². The van der Waals surface area contributed by atoms with Crippen molar-refractivity contribution < 1.29 is 4.39 Å². The molecule has 3 aromatic rings. The zero-order valence-electron chi connectivity index (χ0n) is 10.3. The lowest BCUT2D eigenvalue weighted by Crippen LogP contribution is -1.91. The molecule has 0 fully saturated rings. The van der Waals surface area contributed by atoms with E-state index in [9.17, 15) is 4.39 Å². The summed E-state index contributed by atoms with van der Waals surface area (Å²) in [6.07, 6.45) is 0. The summed E-state index contributed by atoms with van der Waals surface area (Å²) in [5.74, 6) is -0.266. The standard InChI is InChI=1S/C16H11ClFN/c1-10-13-4-2-3-5-14(13)19-16(15(10)17)11-6-8-12(18)9-7-11/h2-9H,1H3. The fourth-order valence-corrected chi connectivity index (χ4v) is 2.41. The van der Waals surface area contributed by atoms with E-state index in [2.05, 4.69) is 4.98 Å². The van der Waals surface area contributed by atoms with Crippen LogP contribution in [0.2, 0.25) is 5.02 Å². The Hall–Kier alpha value is -1.93. The molecular formula is C16H11ClFN. The van der Waals surface area contributed by atoms with Crippen molar-refractivity contribution in [2.24, 2.45) is 0 Å². The molecule has 0 radical (unpaired) electrons. The molecule has 0 amide bonds. The van der Waals surface area contributed by atoms with Crippen LogP contribution in [0.15, 0.2) is 48.5 Å². The predicted octanol–water partition coefficient (Wildman–Crippen LogP) is 5.00. The summed E-state index contributed by atoms with van der Waals surface area (Å²) in [6.45, 7) is 1.97. The van der Waals surface area contributed by atoms with E-state index in [0.29, 0.717) is 10.7 Å². The molecule has 0 unspecified atom stereocenters. The van der Waals surface area contributed by atoms with Crippen LogP contribution in [0.1, 0.15) is 5.56 Å². The van der Waals surface area contributed by atoms with Crippen LogP contribution >= 0.6 is 11.6 Å². The largest absolute Gasteiger partial charge is 0.246 e. The number of aryl methyl sites for hydroxylation is 1. The van der Waals surface area contributed by atoms with Gasteiger partial charge in [0.25, 0.3) is 0 Å². The summed E-state index contributed by atoms with van der Waals surface area (Å²) < 4.78 is 13.0. The van der Waals surface area contributed by atoms with Gasteiger partial charge in [0.05, 0.1) is 16.2 Å². The number of rotatable bonds is 1. The highest BCUT2D eigenvalue weighted by molar-refractivity contribution is 6.34. The Labute approximate surface area is 115 Å². The maximum atomic E-state index is 13.0. The van der Waals surface area contributed by atoms with Crippen LogP contribution in [0.4, 0.5) is 4.39 Å². The molecule has 0 aliphatic carbocycles. The van der Waals surface area contributed by atoms with Crippen LogP contribution in [0, 0.1) is 12.7 Å². The fraction of sp³-hybridized carbons (Fsp3) is 0.0625. The monoisotopic (exact) mass is 271 g/mol. The second kappa shape index (κ2) is 4.63. The fourth-order valence-electron chi connectivity index (χ4n) is 2.15. The summed E-state index contributed by atoms with van der Waals surface area (Å²) >= 11 is 6.39. The van der Waals surface area contributed by atoms with Gasteiger partial charge in [0, 0.05) is 10.9 Å².